The van der Waals surface area contributed by atoms with Gasteiger partial charge in [0.2, 0.25) is 0 Å². The molecule has 2 aromatic rings. The predicted molar refractivity (Wildman–Crippen MR) is 71.4 cm³/mol. The van der Waals surface area contributed by atoms with Crippen molar-refractivity contribution in [2.45, 2.75) is 32.4 Å². The molecule has 1 fully saturated rings. The average Bonchev–Trinajstić information content (AvgIpc) is 2.82. The fraction of sp³-hybridized carbons (Fsp3) is 0.429. The molecule has 0 saturated heterocycles. The van der Waals surface area contributed by atoms with Crippen molar-refractivity contribution in [2.24, 2.45) is 5.92 Å². The van der Waals surface area contributed by atoms with Gasteiger partial charge in [-0.05, 0) is 36.5 Å². The van der Waals surface area contributed by atoms with Gasteiger partial charge in [0.1, 0.15) is 12.7 Å². The Kier molecular flexibility index (Phi) is 3.00. The fourth-order valence-corrected chi connectivity index (χ4v) is 2.46. The maximum absolute atomic E-state index is 4.10. The normalized spacial score (nSPS) is 22.5. The molecule has 3 rings (SSSR count). The first-order valence-corrected chi connectivity index (χ1v) is 6.47. The smallest absolute Gasteiger partial charge is 0.137 e. The molecule has 4 nitrogen and oxygen atoms in total. The molecule has 1 aliphatic carbocycles. The van der Waals surface area contributed by atoms with Gasteiger partial charge >= 0.3 is 0 Å². The van der Waals surface area contributed by atoms with E-state index in [1.54, 1.807) is 12.7 Å². The maximum atomic E-state index is 4.10. The molecule has 0 aliphatic heterocycles. The quantitative estimate of drug-likeness (QED) is 0.896. The second-order valence-corrected chi connectivity index (χ2v) is 5.21. The van der Waals surface area contributed by atoms with E-state index in [-0.39, 0.29) is 0 Å². The zero-order chi connectivity index (χ0) is 12.4. The lowest BCUT2D eigenvalue weighted by Crippen LogP contribution is -2.33. The first-order chi connectivity index (χ1) is 8.79. The van der Waals surface area contributed by atoms with E-state index in [1.807, 2.05) is 4.68 Å². The van der Waals surface area contributed by atoms with E-state index in [9.17, 15) is 0 Å². The highest BCUT2D eigenvalue weighted by Crippen LogP contribution is 2.29. The van der Waals surface area contributed by atoms with E-state index in [4.69, 9.17) is 0 Å². The Hall–Kier alpha value is -1.84. The van der Waals surface area contributed by atoms with Gasteiger partial charge in [0.15, 0.2) is 0 Å². The van der Waals surface area contributed by atoms with Crippen LogP contribution in [0.4, 0.5) is 5.69 Å². The highest BCUT2D eigenvalue weighted by atomic mass is 15.3. The van der Waals surface area contributed by atoms with Gasteiger partial charge in [-0.15, -0.1) is 0 Å². The van der Waals surface area contributed by atoms with E-state index in [1.165, 1.54) is 24.1 Å². The lowest BCUT2D eigenvalue weighted by Gasteiger charge is -2.34. The highest BCUT2D eigenvalue weighted by molar-refractivity contribution is 5.45. The third-order valence-electron chi connectivity index (χ3n) is 3.51. The lowest BCUT2D eigenvalue weighted by atomic mass is 9.82. The molecule has 1 N–H and O–H groups in total. The van der Waals surface area contributed by atoms with Crippen LogP contribution in [0.5, 0.6) is 0 Å². The average molecular weight is 242 g/mol. The summed E-state index contributed by atoms with van der Waals surface area (Å²) in [7, 11) is 0. The molecule has 0 spiro atoms. The topological polar surface area (TPSA) is 42.7 Å². The van der Waals surface area contributed by atoms with Crippen LogP contribution in [0, 0.1) is 5.92 Å². The molecule has 1 heterocycles. The van der Waals surface area contributed by atoms with E-state index in [2.05, 4.69) is 46.6 Å². The van der Waals surface area contributed by atoms with Gasteiger partial charge in [-0.1, -0.05) is 19.1 Å². The largest absolute Gasteiger partial charge is 0.382 e. The van der Waals surface area contributed by atoms with Crippen LogP contribution in [0.25, 0.3) is 0 Å². The first-order valence-electron chi connectivity index (χ1n) is 6.47. The van der Waals surface area contributed by atoms with Gasteiger partial charge in [0, 0.05) is 11.7 Å². The Labute approximate surface area is 107 Å². The number of hydrogen-bond acceptors (Lipinski definition) is 3. The number of hydrogen-bond donors (Lipinski definition) is 1. The number of aromatic nitrogens is 3. The third kappa shape index (κ3) is 2.53. The van der Waals surface area contributed by atoms with Gasteiger partial charge in [-0.3, -0.25) is 0 Å². The van der Waals surface area contributed by atoms with Crippen molar-refractivity contribution in [3.63, 3.8) is 0 Å². The Morgan fingerprint density at radius 1 is 1.28 bits per heavy atom. The minimum atomic E-state index is 0.668. The summed E-state index contributed by atoms with van der Waals surface area (Å²) in [4.78, 5) is 3.94. The van der Waals surface area contributed by atoms with Crippen LogP contribution >= 0.6 is 0 Å². The minimum Gasteiger partial charge on any atom is -0.382 e. The lowest BCUT2D eigenvalue weighted by molar-refractivity contribution is 0.309. The number of nitrogens with zero attached hydrogens (tertiary/aromatic N) is 3. The summed E-state index contributed by atoms with van der Waals surface area (Å²) < 4.78 is 1.83. The van der Waals surface area contributed by atoms with Crippen molar-refractivity contribution in [1.29, 1.82) is 0 Å². The molecule has 94 valence electrons. The van der Waals surface area contributed by atoms with Crippen LogP contribution in [0.1, 0.15) is 25.3 Å². The number of rotatable bonds is 4. The van der Waals surface area contributed by atoms with Gasteiger partial charge in [-0.25, -0.2) is 9.67 Å². The highest BCUT2D eigenvalue weighted by Gasteiger charge is 2.24. The molecular formula is C14H18N4. The summed E-state index contributed by atoms with van der Waals surface area (Å²) in [5.74, 6) is 0.883. The van der Waals surface area contributed by atoms with Crippen molar-refractivity contribution >= 4 is 5.69 Å². The first kappa shape index (κ1) is 11.3. The van der Waals surface area contributed by atoms with Gasteiger partial charge < -0.3 is 5.32 Å². The zero-order valence-electron chi connectivity index (χ0n) is 10.6. The van der Waals surface area contributed by atoms with Crippen molar-refractivity contribution in [1.82, 2.24) is 14.8 Å². The molecule has 0 bridgehead atoms. The number of benzene rings is 1. The second kappa shape index (κ2) is 4.80. The van der Waals surface area contributed by atoms with Gasteiger partial charge in [0.05, 0.1) is 6.54 Å². The monoisotopic (exact) mass is 242 g/mol. The van der Waals surface area contributed by atoms with E-state index < -0.39 is 0 Å². The molecule has 1 aromatic carbocycles. The minimum absolute atomic E-state index is 0.668. The van der Waals surface area contributed by atoms with E-state index in [0.717, 1.165) is 12.5 Å². The Morgan fingerprint density at radius 2 is 2.06 bits per heavy atom. The predicted octanol–water partition coefficient (Wildman–Crippen LogP) is 2.54. The SMILES string of the molecule is CC1CC(Nc2ccc(Cn3cncn3)cc2)C1. The Bertz CT molecular complexity index is 483. The van der Waals surface area contributed by atoms with Crippen LogP contribution in [0.15, 0.2) is 36.9 Å². The molecule has 18 heavy (non-hydrogen) atoms. The molecule has 0 amide bonds. The van der Waals surface area contributed by atoms with E-state index >= 15 is 0 Å². The standard InChI is InChI=1S/C14H18N4/c1-11-6-14(7-11)17-13-4-2-12(3-5-13)8-18-10-15-9-16-18/h2-5,9-11,14,17H,6-8H2,1H3. The van der Waals surface area contributed by atoms with Crippen LogP contribution in [-0.2, 0) is 6.54 Å². The summed E-state index contributed by atoms with van der Waals surface area (Å²) in [6.07, 6.45) is 5.89. The van der Waals surface area contributed by atoms with Crippen LogP contribution in [0.2, 0.25) is 0 Å². The molecule has 0 radical (unpaired) electrons. The molecule has 1 aromatic heterocycles. The zero-order valence-corrected chi connectivity index (χ0v) is 10.6. The fourth-order valence-electron chi connectivity index (χ4n) is 2.46. The van der Waals surface area contributed by atoms with Crippen molar-refractivity contribution in [3.05, 3.63) is 42.5 Å². The summed E-state index contributed by atoms with van der Waals surface area (Å²) in [6.45, 7) is 3.08. The molecule has 4 heteroatoms. The summed E-state index contributed by atoms with van der Waals surface area (Å²) in [6, 6.07) is 9.25. The van der Waals surface area contributed by atoms with Crippen LogP contribution in [-0.4, -0.2) is 20.8 Å². The number of anilines is 1. The molecule has 0 atom stereocenters. The molecule has 0 unspecified atom stereocenters. The van der Waals surface area contributed by atoms with Crippen molar-refractivity contribution in [3.8, 4) is 0 Å². The van der Waals surface area contributed by atoms with E-state index in [0.29, 0.717) is 6.04 Å². The van der Waals surface area contributed by atoms with Crippen molar-refractivity contribution in [2.75, 3.05) is 5.32 Å². The van der Waals surface area contributed by atoms with Gasteiger partial charge in [-0.2, -0.15) is 5.10 Å². The molecule has 1 saturated carbocycles. The molecular weight excluding hydrogens is 224 g/mol. The second-order valence-electron chi connectivity index (χ2n) is 5.21. The van der Waals surface area contributed by atoms with Crippen LogP contribution in [0.3, 0.4) is 0 Å². The van der Waals surface area contributed by atoms with Crippen molar-refractivity contribution < 1.29 is 0 Å². The summed E-state index contributed by atoms with van der Waals surface area (Å²) >= 11 is 0. The maximum Gasteiger partial charge on any atom is 0.137 e. The van der Waals surface area contributed by atoms with Gasteiger partial charge in [0.25, 0.3) is 0 Å². The summed E-state index contributed by atoms with van der Waals surface area (Å²) in [5, 5.41) is 7.66. The third-order valence-corrected chi connectivity index (χ3v) is 3.51. The Balaban J connectivity index is 1.59. The number of nitrogens with one attached hydrogen (secondary N) is 1. The summed E-state index contributed by atoms with van der Waals surface area (Å²) in [5.41, 5.74) is 2.46. The van der Waals surface area contributed by atoms with Crippen LogP contribution < -0.4 is 5.32 Å². The Morgan fingerprint density at radius 3 is 2.67 bits per heavy atom. The molecule has 1 aliphatic rings.